The summed E-state index contributed by atoms with van der Waals surface area (Å²) in [5.74, 6) is 0.568. The van der Waals surface area contributed by atoms with Gasteiger partial charge < -0.3 is 9.64 Å². The number of ether oxygens (including phenoxy) is 1. The summed E-state index contributed by atoms with van der Waals surface area (Å²) in [4.78, 5) is 12.4. The van der Waals surface area contributed by atoms with Crippen molar-refractivity contribution < 1.29 is 9.53 Å². The van der Waals surface area contributed by atoms with Crippen LogP contribution in [0.2, 0.25) is 0 Å². The molecule has 10 heavy (non-hydrogen) atoms. The normalized spacial score (nSPS) is 11.0. The van der Waals surface area contributed by atoms with Crippen molar-refractivity contribution in [2.45, 2.75) is 6.92 Å². The smallest absolute Gasteiger partial charge is 0.249 e. The van der Waals surface area contributed by atoms with E-state index < -0.39 is 0 Å². The second-order valence-electron chi connectivity index (χ2n) is 2.19. The van der Waals surface area contributed by atoms with Crippen LogP contribution in [0.4, 0.5) is 0 Å². The van der Waals surface area contributed by atoms with E-state index in [1.165, 1.54) is 18.1 Å². The molecule has 0 spiro atoms. The summed E-state index contributed by atoms with van der Waals surface area (Å²) in [6, 6.07) is 0. The molecule has 0 rings (SSSR count). The molecule has 1 amide bonds. The third-order valence-corrected chi connectivity index (χ3v) is 1.09. The van der Waals surface area contributed by atoms with Crippen LogP contribution < -0.4 is 0 Å². The molecule has 0 aromatic carbocycles. The van der Waals surface area contributed by atoms with Crippen LogP contribution in [0.3, 0.4) is 0 Å². The molecule has 3 heteroatoms. The number of carbonyl (C=O) groups is 1. The largest absolute Gasteiger partial charge is 0.501 e. The number of nitrogens with zero attached hydrogens (tertiary/aromatic N) is 1. The molecule has 0 N–H and O–H groups in total. The lowest BCUT2D eigenvalue weighted by molar-refractivity contribution is -0.123. The summed E-state index contributed by atoms with van der Waals surface area (Å²) in [7, 11) is 4.93. The van der Waals surface area contributed by atoms with Gasteiger partial charge in [-0.1, -0.05) is 0 Å². The highest BCUT2D eigenvalue weighted by Crippen LogP contribution is 1.92. The average Bonchev–Trinajstić information content (AvgIpc) is 1.87. The summed E-state index contributed by atoms with van der Waals surface area (Å²) in [5, 5.41) is 0. The van der Waals surface area contributed by atoms with Crippen molar-refractivity contribution in [2.75, 3.05) is 21.2 Å². The highest BCUT2D eigenvalue weighted by Gasteiger charge is 1.98. The van der Waals surface area contributed by atoms with E-state index in [1.54, 1.807) is 21.0 Å². The Hall–Kier alpha value is -0.990. The third kappa shape index (κ3) is 3.12. The minimum Gasteiger partial charge on any atom is -0.501 e. The second-order valence-corrected chi connectivity index (χ2v) is 2.19. The molecule has 0 bridgehead atoms. The van der Waals surface area contributed by atoms with Gasteiger partial charge in [0.25, 0.3) is 0 Å². The quantitative estimate of drug-likeness (QED) is 0.419. The number of likely N-dealkylation sites (N-methyl/N-ethyl adjacent to an activating group) is 1. The van der Waals surface area contributed by atoms with Crippen LogP contribution in [-0.4, -0.2) is 32.0 Å². The van der Waals surface area contributed by atoms with Crippen molar-refractivity contribution in [2.24, 2.45) is 0 Å². The van der Waals surface area contributed by atoms with Crippen molar-refractivity contribution in [1.82, 2.24) is 4.90 Å². The molecule has 0 saturated heterocycles. The maximum absolute atomic E-state index is 10.9. The fraction of sp³-hybridized carbons (Fsp3) is 0.571. The number of allylic oxidation sites excluding steroid dienone is 1. The molecule has 0 aliphatic heterocycles. The Morgan fingerprint density at radius 1 is 1.50 bits per heavy atom. The summed E-state index contributed by atoms with van der Waals surface area (Å²) in [5.41, 5.74) is 0. The van der Waals surface area contributed by atoms with E-state index in [2.05, 4.69) is 0 Å². The van der Waals surface area contributed by atoms with Gasteiger partial charge in [-0.15, -0.1) is 0 Å². The topological polar surface area (TPSA) is 29.5 Å². The molecule has 0 aromatic heterocycles. The third-order valence-electron chi connectivity index (χ3n) is 1.09. The first kappa shape index (κ1) is 9.01. The van der Waals surface area contributed by atoms with Gasteiger partial charge in [-0.05, 0) is 6.92 Å². The van der Waals surface area contributed by atoms with Gasteiger partial charge in [0.2, 0.25) is 5.91 Å². The molecule has 0 aliphatic rings. The van der Waals surface area contributed by atoms with Crippen LogP contribution in [0.15, 0.2) is 11.8 Å². The first-order chi connectivity index (χ1) is 4.57. The van der Waals surface area contributed by atoms with E-state index >= 15 is 0 Å². The maximum Gasteiger partial charge on any atom is 0.249 e. The van der Waals surface area contributed by atoms with Gasteiger partial charge in [-0.2, -0.15) is 0 Å². The highest BCUT2D eigenvalue weighted by atomic mass is 16.5. The number of rotatable bonds is 2. The van der Waals surface area contributed by atoms with E-state index in [-0.39, 0.29) is 5.91 Å². The number of amides is 1. The number of methoxy groups -OCH3 is 1. The zero-order chi connectivity index (χ0) is 8.15. The molecule has 3 nitrogen and oxygen atoms in total. The van der Waals surface area contributed by atoms with Gasteiger partial charge in [0.15, 0.2) is 0 Å². The van der Waals surface area contributed by atoms with Crippen molar-refractivity contribution in [1.29, 1.82) is 0 Å². The minimum absolute atomic E-state index is 0.0562. The predicted molar refractivity (Wildman–Crippen MR) is 39.5 cm³/mol. The Morgan fingerprint density at radius 2 is 2.00 bits per heavy atom. The molecular formula is C7H13NO2. The monoisotopic (exact) mass is 143 g/mol. The summed E-state index contributed by atoms with van der Waals surface area (Å²) < 4.78 is 4.78. The Morgan fingerprint density at radius 3 is 2.30 bits per heavy atom. The zero-order valence-electron chi connectivity index (χ0n) is 6.84. The van der Waals surface area contributed by atoms with Gasteiger partial charge in [-0.3, -0.25) is 4.79 Å². The van der Waals surface area contributed by atoms with E-state index in [1.807, 2.05) is 0 Å². The van der Waals surface area contributed by atoms with Crippen LogP contribution in [0.1, 0.15) is 6.92 Å². The van der Waals surface area contributed by atoms with Gasteiger partial charge in [0.05, 0.1) is 12.9 Å². The van der Waals surface area contributed by atoms with Crippen LogP contribution in [0.25, 0.3) is 0 Å². The van der Waals surface area contributed by atoms with Crippen molar-refractivity contribution in [3.63, 3.8) is 0 Å². The Balaban J connectivity index is 4.00. The molecular weight excluding hydrogens is 130 g/mol. The number of carbonyl (C=O) groups excluding carboxylic acids is 1. The van der Waals surface area contributed by atoms with Crippen LogP contribution in [0, 0.1) is 0 Å². The standard InChI is InChI=1S/C7H13NO2/c1-6(10-4)5-7(9)8(2)3/h5H,1-4H3. The Kier molecular flexibility index (Phi) is 3.54. The van der Waals surface area contributed by atoms with Gasteiger partial charge >= 0.3 is 0 Å². The fourth-order valence-corrected chi connectivity index (χ4v) is 0.362. The molecule has 0 aromatic rings. The van der Waals surface area contributed by atoms with Crippen molar-refractivity contribution in [3.05, 3.63) is 11.8 Å². The Bertz CT molecular complexity index is 150. The summed E-state index contributed by atoms with van der Waals surface area (Å²) in [6.45, 7) is 1.74. The Labute approximate surface area is 61.3 Å². The zero-order valence-corrected chi connectivity index (χ0v) is 6.84. The van der Waals surface area contributed by atoms with Gasteiger partial charge in [0, 0.05) is 20.2 Å². The van der Waals surface area contributed by atoms with Crippen LogP contribution in [0.5, 0.6) is 0 Å². The fourth-order valence-electron chi connectivity index (χ4n) is 0.362. The van der Waals surface area contributed by atoms with E-state index in [0.717, 1.165) is 0 Å². The lowest BCUT2D eigenvalue weighted by Crippen LogP contribution is -2.19. The predicted octanol–water partition coefficient (Wildman–Crippen LogP) is 0.625. The molecule has 0 radical (unpaired) electrons. The van der Waals surface area contributed by atoms with Crippen molar-refractivity contribution >= 4 is 5.91 Å². The first-order valence-corrected chi connectivity index (χ1v) is 3.01. The van der Waals surface area contributed by atoms with E-state index in [0.29, 0.717) is 5.76 Å². The lowest BCUT2D eigenvalue weighted by atomic mass is 10.4. The molecule has 0 aliphatic carbocycles. The van der Waals surface area contributed by atoms with Crippen molar-refractivity contribution in [3.8, 4) is 0 Å². The van der Waals surface area contributed by atoms with E-state index in [4.69, 9.17) is 4.74 Å². The first-order valence-electron chi connectivity index (χ1n) is 3.01. The van der Waals surface area contributed by atoms with Gasteiger partial charge in [-0.25, -0.2) is 0 Å². The molecule has 0 saturated carbocycles. The second kappa shape index (κ2) is 3.93. The minimum atomic E-state index is -0.0562. The average molecular weight is 143 g/mol. The van der Waals surface area contributed by atoms with E-state index in [9.17, 15) is 4.79 Å². The molecule has 0 heterocycles. The lowest BCUT2D eigenvalue weighted by Gasteiger charge is -2.06. The van der Waals surface area contributed by atoms with Gasteiger partial charge in [0.1, 0.15) is 0 Å². The molecule has 0 atom stereocenters. The van der Waals surface area contributed by atoms with Crippen LogP contribution >= 0.6 is 0 Å². The number of hydrogen-bond acceptors (Lipinski definition) is 2. The molecule has 58 valence electrons. The van der Waals surface area contributed by atoms with Crippen LogP contribution in [-0.2, 0) is 9.53 Å². The molecule has 0 unspecified atom stereocenters. The number of hydrogen-bond donors (Lipinski definition) is 0. The SMILES string of the molecule is COC(C)=CC(=O)N(C)C. The summed E-state index contributed by atoms with van der Waals surface area (Å²) >= 11 is 0. The summed E-state index contributed by atoms with van der Waals surface area (Å²) in [6.07, 6.45) is 1.44. The highest BCUT2D eigenvalue weighted by molar-refractivity contribution is 5.87. The molecule has 0 fully saturated rings. The maximum atomic E-state index is 10.9.